The van der Waals surface area contributed by atoms with Crippen LogP contribution in [0.1, 0.15) is 51.5 Å². The second-order valence-electron chi connectivity index (χ2n) is 5.81. The molecule has 1 fully saturated rings. The van der Waals surface area contributed by atoms with Crippen LogP contribution < -0.4 is 10.1 Å². The number of hydrogen-bond donors (Lipinski definition) is 1. The van der Waals surface area contributed by atoms with Crippen molar-refractivity contribution in [3.8, 4) is 5.75 Å². The highest BCUT2D eigenvalue weighted by Crippen LogP contribution is 2.24. The Morgan fingerprint density at radius 3 is 2.89 bits per heavy atom. The van der Waals surface area contributed by atoms with Gasteiger partial charge in [0.25, 0.3) is 0 Å². The Bertz CT molecular complexity index is 377. The van der Waals surface area contributed by atoms with Crippen LogP contribution in [0.2, 0.25) is 0 Å². The number of rotatable bonds is 6. The van der Waals surface area contributed by atoms with Gasteiger partial charge in [0.15, 0.2) is 0 Å². The Hall–Kier alpha value is -1.02. The van der Waals surface area contributed by atoms with Crippen LogP contribution in [-0.2, 0) is 6.54 Å². The van der Waals surface area contributed by atoms with E-state index in [1.54, 1.807) is 0 Å². The second kappa shape index (κ2) is 7.54. The quantitative estimate of drug-likeness (QED) is 0.831. The van der Waals surface area contributed by atoms with Crippen molar-refractivity contribution >= 4 is 0 Å². The van der Waals surface area contributed by atoms with Crippen molar-refractivity contribution in [3.05, 3.63) is 29.8 Å². The molecule has 2 heteroatoms. The first kappa shape index (κ1) is 14.4. The Kier molecular flexibility index (Phi) is 5.71. The highest BCUT2D eigenvalue weighted by atomic mass is 16.5. The first-order chi connectivity index (χ1) is 9.29. The van der Waals surface area contributed by atoms with Gasteiger partial charge in [-0.3, -0.25) is 0 Å². The smallest absolute Gasteiger partial charge is 0.123 e. The third kappa shape index (κ3) is 4.54. The maximum Gasteiger partial charge on any atom is 0.123 e. The molecule has 0 amide bonds. The Morgan fingerprint density at radius 1 is 1.26 bits per heavy atom. The average molecular weight is 261 g/mol. The SMILES string of the molecule is CCCOc1ccccc1CNC1CCCC(C)C1. The van der Waals surface area contributed by atoms with Crippen molar-refractivity contribution in [2.45, 2.75) is 58.5 Å². The first-order valence-electron chi connectivity index (χ1n) is 7.73. The summed E-state index contributed by atoms with van der Waals surface area (Å²) in [5, 5.41) is 3.71. The first-order valence-corrected chi connectivity index (χ1v) is 7.73. The lowest BCUT2D eigenvalue weighted by Gasteiger charge is -2.27. The lowest BCUT2D eigenvalue weighted by molar-refractivity contribution is 0.293. The van der Waals surface area contributed by atoms with Crippen LogP contribution in [-0.4, -0.2) is 12.6 Å². The second-order valence-corrected chi connectivity index (χ2v) is 5.81. The van der Waals surface area contributed by atoms with Crippen LogP contribution in [0.15, 0.2) is 24.3 Å². The summed E-state index contributed by atoms with van der Waals surface area (Å²) in [5.74, 6) is 1.92. The van der Waals surface area contributed by atoms with E-state index < -0.39 is 0 Å². The van der Waals surface area contributed by atoms with Gasteiger partial charge in [0.1, 0.15) is 5.75 Å². The van der Waals surface area contributed by atoms with Crippen molar-refractivity contribution in [1.82, 2.24) is 5.32 Å². The molecule has 106 valence electrons. The Labute approximate surface area is 117 Å². The third-order valence-corrected chi connectivity index (χ3v) is 3.95. The molecule has 1 aromatic rings. The zero-order chi connectivity index (χ0) is 13.5. The molecule has 19 heavy (non-hydrogen) atoms. The summed E-state index contributed by atoms with van der Waals surface area (Å²) in [6.07, 6.45) is 6.46. The predicted octanol–water partition coefficient (Wildman–Crippen LogP) is 4.14. The molecule has 1 aliphatic carbocycles. The number of ether oxygens (including phenoxy) is 1. The molecule has 2 atom stereocenters. The van der Waals surface area contributed by atoms with E-state index in [2.05, 4.69) is 43.4 Å². The maximum atomic E-state index is 5.81. The number of benzene rings is 1. The van der Waals surface area contributed by atoms with E-state index in [0.29, 0.717) is 6.04 Å². The molecule has 0 aliphatic heterocycles. The monoisotopic (exact) mass is 261 g/mol. The van der Waals surface area contributed by atoms with Crippen LogP contribution in [0.3, 0.4) is 0 Å². The topological polar surface area (TPSA) is 21.3 Å². The normalized spacial score (nSPS) is 23.3. The minimum absolute atomic E-state index is 0.683. The van der Waals surface area contributed by atoms with Crippen molar-refractivity contribution in [2.75, 3.05) is 6.61 Å². The number of hydrogen-bond acceptors (Lipinski definition) is 2. The van der Waals surface area contributed by atoms with Gasteiger partial charge in [0.05, 0.1) is 6.61 Å². The summed E-state index contributed by atoms with van der Waals surface area (Å²) >= 11 is 0. The van der Waals surface area contributed by atoms with E-state index in [0.717, 1.165) is 31.2 Å². The maximum absolute atomic E-state index is 5.81. The molecule has 0 bridgehead atoms. The molecule has 0 aromatic heterocycles. The van der Waals surface area contributed by atoms with E-state index in [1.807, 2.05) is 0 Å². The molecule has 1 aromatic carbocycles. The third-order valence-electron chi connectivity index (χ3n) is 3.95. The summed E-state index contributed by atoms with van der Waals surface area (Å²) in [7, 11) is 0. The van der Waals surface area contributed by atoms with Crippen molar-refractivity contribution < 1.29 is 4.74 Å². The van der Waals surface area contributed by atoms with Crippen LogP contribution in [0.25, 0.3) is 0 Å². The van der Waals surface area contributed by atoms with E-state index in [1.165, 1.54) is 31.2 Å². The van der Waals surface area contributed by atoms with Crippen molar-refractivity contribution in [1.29, 1.82) is 0 Å². The Balaban J connectivity index is 1.87. The zero-order valence-corrected chi connectivity index (χ0v) is 12.3. The lowest BCUT2D eigenvalue weighted by atomic mass is 9.87. The van der Waals surface area contributed by atoms with Gasteiger partial charge >= 0.3 is 0 Å². The molecule has 0 spiro atoms. The number of nitrogens with one attached hydrogen (secondary N) is 1. The van der Waals surface area contributed by atoms with Gasteiger partial charge in [0.2, 0.25) is 0 Å². The molecule has 0 saturated heterocycles. The van der Waals surface area contributed by atoms with E-state index in [4.69, 9.17) is 4.74 Å². The van der Waals surface area contributed by atoms with E-state index in [-0.39, 0.29) is 0 Å². The van der Waals surface area contributed by atoms with Gasteiger partial charge in [-0.15, -0.1) is 0 Å². The summed E-state index contributed by atoms with van der Waals surface area (Å²) in [6, 6.07) is 9.08. The highest BCUT2D eigenvalue weighted by Gasteiger charge is 2.18. The van der Waals surface area contributed by atoms with Crippen LogP contribution >= 0.6 is 0 Å². The molecule has 1 saturated carbocycles. The zero-order valence-electron chi connectivity index (χ0n) is 12.3. The molecule has 2 nitrogen and oxygen atoms in total. The van der Waals surface area contributed by atoms with E-state index in [9.17, 15) is 0 Å². The predicted molar refractivity (Wildman–Crippen MR) is 80.5 cm³/mol. The molecule has 2 unspecified atom stereocenters. The lowest BCUT2D eigenvalue weighted by Crippen LogP contribution is -2.33. The molecular formula is C17H27NO. The summed E-state index contributed by atoms with van der Waals surface area (Å²) in [4.78, 5) is 0. The van der Waals surface area contributed by atoms with Crippen LogP contribution in [0, 0.1) is 5.92 Å². The summed E-state index contributed by atoms with van der Waals surface area (Å²) in [5.41, 5.74) is 1.29. The van der Waals surface area contributed by atoms with Gasteiger partial charge in [-0.2, -0.15) is 0 Å². The minimum Gasteiger partial charge on any atom is -0.493 e. The van der Waals surface area contributed by atoms with Crippen LogP contribution in [0.4, 0.5) is 0 Å². The summed E-state index contributed by atoms with van der Waals surface area (Å²) < 4.78 is 5.81. The van der Waals surface area contributed by atoms with Gasteiger partial charge < -0.3 is 10.1 Å². The molecule has 2 rings (SSSR count). The number of para-hydroxylation sites is 1. The summed E-state index contributed by atoms with van der Waals surface area (Å²) in [6.45, 7) is 6.24. The van der Waals surface area contributed by atoms with Crippen molar-refractivity contribution in [2.24, 2.45) is 5.92 Å². The largest absolute Gasteiger partial charge is 0.493 e. The van der Waals surface area contributed by atoms with Crippen molar-refractivity contribution in [3.63, 3.8) is 0 Å². The van der Waals surface area contributed by atoms with Gasteiger partial charge in [-0.05, 0) is 31.2 Å². The fourth-order valence-corrected chi connectivity index (χ4v) is 2.88. The molecular weight excluding hydrogens is 234 g/mol. The molecule has 1 aliphatic rings. The van der Waals surface area contributed by atoms with Gasteiger partial charge in [0, 0.05) is 18.2 Å². The standard InChI is InChI=1S/C17H27NO/c1-3-11-19-17-10-5-4-8-15(17)13-18-16-9-6-7-14(2)12-16/h4-5,8,10,14,16,18H,3,6-7,9,11-13H2,1-2H3. The van der Waals surface area contributed by atoms with E-state index >= 15 is 0 Å². The molecule has 0 heterocycles. The fourth-order valence-electron chi connectivity index (χ4n) is 2.88. The van der Waals surface area contributed by atoms with Gasteiger partial charge in [-0.25, -0.2) is 0 Å². The average Bonchev–Trinajstić information content (AvgIpc) is 2.44. The fraction of sp³-hybridized carbons (Fsp3) is 0.647. The molecule has 0 radical (unpaired) electrons. The van der Waals surface area contributed by atoms with Crippen LogP contribution in [0.5, 0.6) is 5.75 Å². The Morgan fingerprint density at radius 2 is 2.11 bits per heavy atom. The molecule has 1 N–H and O–H groups in total. The highest BCUT2D eigenvalue weighted by molar-refractivity contribution is 5.33. The minimum atomic E-state index is 0.683. The van der Waals surface area contributed by atoms with Gasteiger partial charge in [-0.1, -0.05) is 44.9 Å².